The van der Waals surface area contributed by atoms with Gasteiger partial charge in [0, 0.05) is 25.0 Å². The summed E-state index contributed by atoms with van der Waals surface area (Å²) < 4.78 is 5.93. The first kappa shape index (κ1) is 14.0. The lowest BCUT2D eigenvalue weighted by molar-refractivity contribution is -0.141. The monoisotopic (exact) mass is 253 g/mol. The minimum absolute atomic E-state index is 0.0780. The van der Waals surface area contributed by atoms with Gasteiger partial charge in [0.05, 0.1) is 11.7 Å². The van der Waals surface area contributed by atoms with Crippen molar-refractivity contribution in [3.63, 3.8) is 0 Å². The van der Waals surface area contributed by atoms with Gasteiger partial charge in [-0.2, -0.15) is 0 Å². The third-order valence-electron chi connectivity index (χ3n) is 4.28. The quantitative estimate of drug-likeness (QED) is 0.724. The van der Waals surface area contributed by atoms with E-state index in [-0.39, 0.29) is 17.1 Å². The lowest BCUT2D eigenvalue weighted by Gasteiger charge is -2.45. The number of hydrogen-bond donors (Lipinski definition) is 0. The maximum atomic E-state index is 11.5. The van der Waals surface area contributed by atoms with Gasteiger partial charge in [-0.25, -0.2) is 0 Å². The first-order valence-electron chi connectivity index (χ1n) is 7.31. The van der Waals surface area contributed by atoms with Crippen molar-refractivity contribution in [1.82, 2.24) is 4.90 Å². The van der Waals surface area contributed by atoms with Gasteiger partial charge in [0.2, 0.25) is 0 Å². The molecule has 3 heteroatoms. The Morgan fingerprint density at radius 2 is 1.94 bits per heavy atom. The normalized spacial score (nSPS) is 32.1. The van der Waals surface area contributed by atoms with E-state index in [9.17, 15) is 4.79 Å². The molecule has 0 spiro atoms. The predicted octanol–water partition coefficient (Wildman–Crippen LogP) is 2.64. The molecule has 0 aromatic carbocycles. The second-order valence-corrected chi connectivity index (χ2v) is 6.90. The average molecular weight is 253 g/mol. The minimum Gasteiger partial charge on any atom is -0.370 e. The number of nitrogens with zero attached hydrogens (tertiary/aromatic N) is 1. The van der Waals surface area contributed by atoms with Crippen LogP contribution in [0.3, 0.4) is 0 Å². The molecule has 0 amide bonds. The zero-order valence-corrected chi connectivity index (χ0v) is 12.1. The molecule has 2 fully saturated rings. The van der Waals surface area contributed by atoms with E-state index in [2.05, 4.69) is 25.7 Å². The van der Waals surface area contributed by atoms with Crippen LogP contribution in [0.2, 0.25) is 0 Å². The number of carbonyl (C=O) groups is 1. The number of rotatable bonds is 3. The van der Waals surface area contributed by atoms with Gasteiger partial charge in [-0.05, 0) is 33.6 Å². The summed E-state index contributed by atoms with van der Waals surface area (Å²) in [6.07, 6.45) is 7.36. The van der Waals surface area contributed by atoms with Crippen LogP contribution in [-0.2, 0) is 9.53 Å². The molecule has 1 atom stereocenters. The molecule has 1 saturated heterocycles. The lowest BCUT2D eigenvalue weighted by atomic mass is 9.74. The molecule has 18 heavy (non-hydrogen) atoms. The molecule has 0 N–H and O–H groups in total. The summed E-state index contributed by atoms with van der Waals surface area (Å²) in [4.78, 5) is 14.0. The van der Waals surface area contributed by atoms with Crippen molar-refractivity contribution in [2.45, 2.75) is 64.6 Å². The van der Waals surface area contributed by atoms with E-state index < -0.39 is 0 Å². The lowest BCUT2D eigenvalue weighted by Crippen LogP contribution is -2.55. The second-order valence-electron chi connectivity index (χ2n) is 6.90. The van der Waals surface area contributed by atoms with Gasteiger partial charge in [0.25, 0.3) is 0 Å². The Bertz CT molecular complexity index is 295. The van der Waals surface area contributed by atoms with Crippen molar-refractivity contribution in [3.05, 3.63) is 0 Å². The summed E-state index contributed by atoms with van der Waals surface area (Å²) in [5.41, 5.74) is -0.165. The van der Waals surface area contributed by atoms with Crippen LogP contribution in [0.5, 0.6) is 0 Å². The van der Waals surface area contributed by atoms with Crippen molar-refractivity contribution in [3.8, 4) is 0 Å². The van der Waals surface area contributed by atoms with Crippen LogP contribution in [0.15, 0.2) is 0 Å². The number of hydrogen-bond acceptors (Lipinski definition) is 3. The summed E-state index contributed by atoms with van der Waals surface area (Å²) in [6.45, 7) is 9.23. The molecule has 3 nitrogen and oxygen atoms in total. The molecule has 1 saturated carbocycles. The van der Waals surface area contributed by atoms with Crippen LogP contribution in [-0.4, -0.2) is 42.5 Å². The van der Waals surface area contributed by atoms with E-state index in [0.29, 0.717) is 0 Å². The minimum atomic E-state index is -0.0869. The third-order valence-corrected chi connectivity index (χ3v) is 4.28. The second kappa shape index (κ2) is 5.30. The molecule has 0 aromatic heterocycles. The van der Waals surface area contributed by atoms with E-state index in [1.807, 2.05) is 0 Å². The highest BCUT2D eigenvalue weighted by Crippen LogP contribution is 2.36. The molecule has 0 bridgehead atoms. The standard InChI is InChI=1S/C15H27NO2/c1-13-9-16(10-14(2,3)18-13)11-15(12-17)7-5-4-6-8-15/h12-13H,4-11H2,1-3H3. The number of ether oxygens (including phenoxy) is 1. The zero-order chi connectivity index (χ0) is 13.2. The van der Waals surface area contributed by atoms with Crippen LogP contribution in [0.1, 0.15) is 52.9 Å². The summed E-state index contributed by atoms with van der Waals surface area (Å²) >= 11 is 0. The fourth-order valence-electron chi connectivity index (χ4n) is 3.72. The van der Waals surface area contributed by atoms with E-state index in [0.717, 1.165) is 32.5 Å². The van der Waals surface area contributed by atoms with Crippen molar-refractivity contribution < 1.29 is 9.53 Å². The van der Waals surface area contributed by atoms with E-state index in [1.54, 1.807) is 0 Å². The molecule has 104 valence electrons. The molecular formula is C15H27NO2. The maximum Gasteiger partial charge on any atom is 0.127 e. The Morgan fingerprint density at radius 1 is 1.28 bits per heavy atom. The predicted molar refractivity (Wildman–Crippen MR) is 72.6 cm³/mol. The van der Waals surface area contributed by atoms with Gasteiger partial charge in [-0.3, -0.25) is 4.90 Å². The van der Waals surface area contributed by atoms with Crippen LogP contribution >= 0.6 is 0 Å². The molecule has 1 unspecified atom stereocenters. The van der Waals surface area contributed by atoms with Crippen LogP contribution in [0, 0.1) is 5.41 Å². The van der Waals surface area contributed by atoms with Gasteiger partial charge in [-0.15, -0.1) is 0 Å². The molecule has 2 aliphatic rings. The molecule has 2 rings (SSSR count). The largest absolute Gasteiger partial charge is 0.370 e. The van der Waals surface area contributed by atoms with Crippen molar-refractivity contribution >= 4 is 6.29 Å². The Kier molecular flexibility index (Phi) is 4.12. The number of aldehydes is 1. The van der Waals surface area contributed by atoms with Crippen LogP contribution < -0.4 is 0 Å². The molecular weight excluding hydrogens is 226 g/mol. The molecule has 1 heterocycles. The SMILES string of the molecule is CC1CN(CC2(C=O)CCCCC2)CC(C)(C)O1. The summed E-state index contributed by atoms with van der Waals surface area (Å²) in [7, 11) is 0. The Hall–Kier alpha value is -0.410. The smallest absolute Gasteiger partial charge is 0.127 e. The van der Waals surface area contributed by atoms with Gasteiger partial charge in [0.15, 0.2) is 0 Å². The maximum absolute atomic E-state index is 11.5. The van der Waals surface area contributed by atoms with E-state index >= 15 is 0 Å². The highest BCUT2D eigenvalue weighted by molar-refractivity contribution is 5.60. The number of carbonyl (C=O) groups excluding carboxylic acids is 1. The Balaban J connectivity index is 2.00. The average Bonchev–Trinajstić information content (AvgIpc) is 2.27. The molecule has 1 aliphatic carbocycles. The van der Waals surface area contributed by atoms with Gasteiger partial charge < -0.3 is 9.53 Å². The molecule has 0 aromatic rings. The molecule has 0 radical (unpaired) electrons. The van der Waals surface area contributed by atoms with Crippen molar-refractivity contribution in [1.29, 1.82) is 0 Å². The number of morpholine rings is 1. The summed E-state index contributed by atoms with van der Waals surface area (Å²) in [6, 6.07) is 0. The third kappa shape index (κ3) is 3.33. The Labute approximate surface area is 111 Å². The van der Waals surface area contributed by atoms with Crippen LogP contribution in [0.4, 0.5) is 0 Å². The summed E-state index contributed by atoms with van der Waals surface area (Å²) in [5.74, 6) is 0. The fourth-order valence-corrected chi connectivity index (χ4v) is 3.72. The first-order chi connectivity index (χ1) is 8.45. The fraction of sp³-hybridized carbons (Fsp3) is 0.933. The summed E-state index contributed by atoms with van der Waals surface area (Å²) in [5, 5.41) is 0. The zero-order valence-electron chi connectivity index (χ0n) is 12.1. The van der Waals surface area contributed by atoms with Crippen molar-refractivity contribution in [2.24, 2.45) is 5.41 Å². The first-order valence-corrected chi connectivity index (χ1v) is 7.31. The van der Waals surface area contributed by atoms with Gasteiger partial charge in [-0.1, -0.05) is 19.3 Å². The van der Waals surface area contributed by atoms with Gasteiger partial charge >= 0.3 is 0 Å². The van der Waals surface area contributed by atoms with E-state index in [4.69, 9.17) is 4.74 Å². The van der Waals surface area contributed by atoms with Crippen LogP contribution in [0.25, 0.3) is 0 Å². The highest BCUT2D eigenvalue weighted by Gasteiger charge is 2.38. The molecule has 1 aliphatic heterocycles. The highest BCUT2D eigenvalue weighted by atomic mass is 16.5. The Morgan fingerprint density at radius 3 is 2.50 bits per heavy atom. The van der Waals surface area contributed by atoms with Crippen molar-refractivity contribution in [2.75, 3.05) is 19.6 Å². The van der Waals surface area contributed by atoms with E-state index in [1.165, 1.54) is 25.5 Å². The topological polar surface area (TPSA) is 29.5 Å². The van der Waals surface area contributed by atoms with Gasteiger partial charge in [0.1, 0.15) is 6.29 Å².